The molecule has 3 amide bonds. The van der Waals surface area contributed by atoms with Crippen LogP contribution in [-0.4, -0.2) is 69.6 Å². The van der Waals surface area contributed by atoms with Gasteiger partial charge in [-0.2, -0.15) is 0 Å². The molecule has 2 aromatic heterocycles. The van der Waals surface area contributed by atoms with E-state index >= 15 is 0 Å². The zero-order valence-electron chi connectivity index (χ0n) is 21.5. The van der Waals surface area contributed by atoms with Gasteiger partial charge in [0.15, 0.2) is 10.8 Å². The maximum Gasteiger partial charge on any atom is 0.314 e. The zero-order chi connectivity index (χ0) is 27.6. The molecule has 4 rings (SSSR count). The SMILES string of the molecule is CN1CCc2nc(C(=O)N[C@@H]3C[C@@H](C(=O)C(C)(C)N)CC[C@@H]3NC(=O)C(=O)Nc3ccc(Cl)cn3)sc2C1. The quantitative estimate of drug-likeness (QED) is 0.386. The van der Waals surface area contributed by atoms with Gasteiger partial charge >= 0.3 is 11.8 Å². The highest BCUT2D eigenvalue weighted by atomic mass is 35.5. The molecular weight excluding hydrogens is 530 g/mol. The minimum Gasteiger partial charge on any atom is -0.345 e. The van der Waals surface area contributed by atoms with E-state index in [-0.39, 0.29) is 23.9 Å². The number of carbonyl (C=O) groups is 4. The van der Waals surface area contributed by atoms with Crippen molar-refractivity contribution < 1.29 is 19.2 Å². The average molecular weight is 562 g/mol. The molecule has 0 radical (unpaired) electrons. The number of pyridine rings is 1. The fourth-order valence-corrected chi connectivity index (χ4v) is 5.98. The van der Waals surface area contributed by atoms with Gasteiger partial charge in [0.25, 0.3) is 5.91 Å². The Morgan fingerprint density at radius 3 is 2.58 bits per heavy atom. The molecule has 1 fully saturated rings. The second-order valence-electron chi connectivity index (χ2n) is 10.4. The number of aromatic nitrogens is 2. The number of nitrogens with zero attached hydrogens (tertiary/aromatic N) is 3. The fourth-order valence-electron chi connectivity index (χ4n) is 4.77. The van der Waals surface area contributed by atoms with Crippen molar-refractivity contribution in [3.05, 3.63) is 38.9 Å². The standard InChI is InChI=1S/C25H32ClN7O4S/c1-25(2,27)20(34)13-4-6-15(29-21(35)22(36)32-19-7-5-14(26)11-28-19)17(10-13)30-23(37)24-31-16-8-9-33(3)12-18(16)38-24/h5,7,11,13,15,17H,4,6,8-10,12,27H2,1-3H3,(H,29,35)(H,30,37)(H,28,32,36)/t13-,15-,17+/m0/s1. The van der Waals surface area contributed by atoms with Gasteiger partial charge in [-0.25, -0.2) is 9.97 Å². The Balaban J connectivity index is 1.47. The Hall–Kier alpha value is -2.93. The predicted molar refractivity (Wildman–Crippen MR) is 144 cm³/mol. The smallest absolute Gasteiger partial charge is 0.314 e. The highest BCUT2D eigenvalue weighted by molar-refractivity contribution is 7.13. The van der Waals surface area contributed by atoms with E-state index in [0.29, 0.717) is 22.9 Å². The summed E-state index contributed by atoms with van der Waals surface area (Å²) < 4.78 is 0. The molecular formula is C25H32ClN7O4S. The van der Waals surface area contributed by atoms with Gasteiger partial charge in [-0.1, -0.05) is 11.6 Å². The molecule has 0 saturated heterocycles. The molecule has 5 N–H and O–H groups in total. The maximum absolute atomic E-state index is 13.2. The number of ketones is 1. The summed E-state index contributed by atoms with van der Waals surface area (Å²) in [6.07, 6.45) is 3.26. The van der Waals surface area contributed by atoms with E-state index in [0.717, 1.165) is 30.1 Å². The zero-order valence-corrected chi connectivity index (χ0v) is 23.1. The van der Waals surface area contributed by atoms with Crippen molar-refractivity contribution >= 4 is 52.3 Å². The number of nitrogens with one attached hydrogen (secondary N) is 3. The summed E-state index contributed by atoms with van der Waals surface area (Å²) in [5.41, 5.74) is 5.97. The van der Waals surface area contributed by atoms with E-state index in [1.165, 1.54) is 23.6 Å². The summed E-state index contributed by atoms with van der Waals surface area (Å²) >= 11 is 7.16. The van der Waals surface area contributed by atoms with Crippen molar-refractivity contribution in [1.29, 1.82) is 0 Å². The Bertz CT molecular complexity index is 1230. The third kappa shape index (κ3) is 6.73. The van der Waals surface area contributed by atoms with Crippen molar-refractivity contribution in [2.75, 3.05) is 18.9 Å². The number of amides is 3. The Morgan fingerprint density at radius 2 is 1.89 bits per heavy atom. The normalized spacial score (nSPS) is 21.8. The van der Waals surface area contributed by atoms with Crippen LogP contribution in [-0.2, 0) is 27.3 Å². The Kier molecular flexibility index (Phi) is 8.46. The van der Waals surface area contributed by atoms with Crippen LogP contribution in [0.25, 0.3) is 0 Å². The number of hydrogen-bond acceptors (Lipinski definition) is 9. The van der Waals surface area contributed by atoms with Crippen molar-refractivity contribution in [2.45, 2.75) is 63.7 Å². The molecule has 11 nitrogen and oxygen atoms in total. The Morgan fingerprint density at radius 1 is 1.13 bits per heavy atom. The molecule has 13 heteroatoms. The van der Waals surface area contributed by atoms with Crippen LogP contribution in [0.1, 0.15) is 53.5 Å². The van der Waals surface area contributed by atoms with Gasteiger partial charge < -0.3 is 26.6 Å². The number of thiazole rings is 1. The van der Waals surface area contributed by atoms with Gasteiger partial charge in [0.05, 0.1) is 22.3 Å². The van der Waals surface area contributed by atoms with Gasteiger partial charge in [-0.15, -0.1) is 11.3 Å². The van der Waals surface area contributed by atoms with Crippen LogP contribution in [0, 0.1) is 5.92 Å². The number of hydrogen-bond donors (Lipinski definition) is 4. The topological polar surface area (TPSA) is 159 Å². The number of nitrogens with two attached hydrogens (primary N) is 1. The lowest BCUT2D eigenvalue weighted by atomic mass is 9.76. The number of anilines is 1. The Labute approximate surface area is 229 Å². The van der Waals surface area contributed by atoms with Crippen LogP contribution in [0.15, 0.2) is 18.3 Å². The third-order valence-electron chi connectivity index (χ3n) is 6.78. The molecule has 1 saturated carbocycles. The molecule has 38 heavy (non-hydrogen) atoms. The minimum atomic E-state index is -1.03. The second kappa shape index (κ2) is 11.4. The first-order valence-electron chi connectivity index (χ1n) is 12.4. The number of likely N-dealkylation sites (N-methyl/N-ethyl adjacent to an activating group) is 1. The molecule has 0 unspecified atom stereocenters. The number of Topliss-reactive ketones (excluding diaryl/α,β-unsaturated/α-hetero) is 1. The summed E-state index contributed by atoms with van der Waals surface area (Å²) in [4.78, 5) is 63.1. The van der Waals surface area contributed by atoms with Crippen LogP contribution in [0.2, 0.25) is 5.02 Å². The molecule has 2 aromatic rings. The van der Waals surface area contributed by atoms with Crippen molar-refractivity contribution in [2.24, 2.45) is 11.7 Å². The number of carbonyl (C=O) groups excluding carboxylic acids is 4. The lowest BCUT2D eigenvalue weighted by Crippen LogP contribution is -2.58. The third-order valence-corrected chi connectivity index (χ3v) is 8.09. The first-order chi connectivity index (χ1) is 17.9. The van der Waals surface area contributed by atoms with E-state index in [2.05, 4.69) is 30.8 Å². The molecule has 204 valence electrons. The number of rotatable bonds is 6. The van der Waals surface area contributed by atoms with Crippen LogP contribution in [0.3, 0.4) is 0 Å². The summed E-state index contributed by atoms with van der Waals surface area (Å²) in [7, 11) is 2.02. The lowest BCUT2D eigenvalue weighted by Gasteiger charge is -2.38. The lowest BCUT2D eigenvalue weighted by molar-refractivity contribution is -0.137. The fraction of sp³-hybridized carbons (Fsp3) is 0.520. The summed E-state index contributed by atoms with van der Waals surface area (Å²) in [5, 5.41) is 8.86. The maximum atomic E-state index is 13.2. The van der Waals surface area contributed by atoms with E-state index < -0.39 is 35.4 Å². The van der Waals surface area contributed by atoms with E-state index in [9.17, 15) is 19.2 Å². The van der Waals surface area contributed by atoms with Gasteiger partial charge in [-0.3, -0.25) is 19.2 Å². The highest BCUT2D eigenvalue weighted by Gasteiger charge is 2.40. The van der Waals surface area contributed by atoms with Crippen molar-refractivity contribution in [1.82, 2.24) is 25.5 Å². The molecule has 1 aliphatic carbocycles. The second-order valence-corrected chi connectivity index (χ2v) is 12.0. The molecule has 3 heterocycles. The highest BCUT2D eigenvalue weighted by Crippen LogP contribution is 2.30. The molecule has 1 aliphatic heterocycles. The van der Waals surface area contributed by atoms with Crippen LogP contribution < -0.4 is 21.7 Å². The van der Waals surface area contributed by atoms with Gasteiger partial charge in [0.2, 0.25) is 0 Å². The first kappa shape index (κ1) is 28.1. The molecule has 2 aliphatic rings. The van der Waals surface area contributed by atoms with Crippen LogP contribution in [0.5, 0.6) is 0 Å². The van der Waals surface area contributed by atoms with Gasteiger partial charge in [0, 0.05) is 42.5 Å². The van der Waals surface area contributed by atoms with E-state index in [1.807, 2.05) is 7.05 Å². The van der Waals surface area contributed by atoms with Crippen LogP contribution in [0.4, 0.5) is 5.82 Å². The molecule has 0 spiro atoms. The largest absolute Gasteiger partial charge is 0.345 e. The molecule has 3 atom stereocenters. The summed E-state index contributed by atoms with van der Waals surface area (Å²) in [6, 6.07) is 1.86. The predicted octanol–water partition coefficient (Wildman–Crippen LogP) is 1.51. The summed E-state index contributed by atoms with van der Waals surface area (Å²) in [6.45, 7) is 4.93. The number of fused-ring (bicyclic) bond motifs is 1. The average Bonchev–Trinajstić information content (AvgIpc) is 3.28. The molecule has 0 aromatic carbocycles. The van der Waals surface area contributed by atoms with Gasteiger partial charge in [-0.05, 0) is 52.3 Å². The van der Waals surface area contributed by atoms with Crippen molar-refractivity contribution in [3.63, 3.8) is 0 Å². The van der Waals surface area contributed by atoms with E-state index in [1.54, 1.807) is 19.9 Å². The molecule has 0 bridgehead atoms. The minimum absolute atomic E-state index is 0.110. The number of halogens is 1. The first-order valence-corrected chi connectivity index (χ1v) is 13.6. The van der Waals surface area contributed by atoms with Gasteiger partial charge in [0.1, 0.15) is 5.82 Å². The van der Waals surface area contributed by atoms with Crippen LogP contribution >= 0.6 is 22.9 Å². The monoisotopic (exact) mass is 561 g/mol. The summed E-state index contributed by atoms with van der Waals surface area (Å²) in [5.74, 6) is -2.46. The van der Waals surface area contributed by atoms with Crippen molar-refractivity contribution in [3.8, 4) is 0 Å². The van der Waals surface area contributed by atoms with E-state index in [4.69, 9.17) is 17.3 Å².